The Bertz CT molecular complexity index is 713. The van der Waals surface area contributed by atoms with Crippen molar-refractivity contribution in [2.75, 3.05) is 19.9 Å². The number of methoxy groups -OCH3 is 1. The topological polar surface area (TPSA) is 68.5 Å². The van der Waals surface area contributed by atoms with Crippen LogP contribution in [-0.2, 0) is 4.79 Å². The zero-order valence-electron chi connectivity index (χ0n) is 14.6. The van der Waals surface area contributed by atoms with Crippen molar-refractivity contribution in [2.45, 2.75) is 43.4 Å². The Morgan fingerprint density at radius 3 is 2.88 bits per heavy atom. The van der Waals surface area contributed by atoms with Crippen LogP contribution in [0.4, 0.5) is 0 Å². The first kappa shape index (κ1) is 17.8. The normalized spacial score (nSPS) is 15.1. The summed E-state index contributed by atoms with van der Waals surface area (Å²) < 4.78 is 10.9. The number of carbonyl (C=O) groups is 1. The van der Waals surface area contributed by atoms with Gasteiger partial charge in [0.15, 0.2) is 0 Å². The van der Waals surface area contributed by atoms with Crippen molar-refractivity contribution >= 4 is 17.7 Å². The number of ether oxygens (including phenoxy) is 1. The van der Waals surface area contributed by atoms with Crippen molar-refractivity contribution in [3.05, 3.63) is 24.3 Å². The van der Waals surface area contributed by atoms with Crippen LogP contribution >= 0.6 is 11.8 Å². The maximum atomic E-state index is 12.4. The zero-order valence-corrected chi connectivity index (χ0v) is 15.4. The fourth-order valence-corrected chi connectivity index (χ4v) is 3.73. The van der Waals surface area contributed by atoms with Crippen LogP contribution in [0, 0.1) is 0 Å². The average molecular weight is 361 g/mol. The van der Waals surface area contributed by atoms with Crippen molar-refractivity contribution < 1.29 is 13.9 Å². The van der Waals surface area contributed by atoms with Crippen LogP contribution in [0.1, 0.15) is 32.1 Å². The second-order valence-corrected chi connectivity index (χ2v) is 7.12. The number of carbonyl (C=O) groups excluding carboxylic acids is 1. The number of thioether (sulfide) groups is 1. The number of nitrogens with zero attached hydrogens (tertiary/aromatic N) is 3. The van der Waals surface area contributed by atoms with Gasteiger partial charge in [0.1, 0.15) is 5.75 Å². The Labute approximate surface area is 151 Å². The number of rotatable bonds is 6. The minimum Gasteiger partial charge on any atom is -0.497 e. The van der Waals surface area contributed by atoms with Crippen LogP contribution in [-0.4, -0.2) is 47.0 Å². The van der Waals surface area contributed by atoms with E-state index in [0.717, 1.165) is 24.2 Å². The molecule has 3 rings (SSSR count). The molecule has 1 aliphatic rings. The summed E-state index contributed by atoms with van der Waals surface area (Å²) in [7, 11) is 3.51. The Hall–Kier alpha value is -2.02. The molecule has 1 amide bonds. The molecule has 1 aliphatic carbocycles. The van der Waals surface area contributed by atoms with Crippen molar-refractivity contribution in [1.82, 2.24) is 15.1 Å². The van der Waals surface area contributed by atoms with E-state index in [4.69, 9.17) is 9.15 Å². The molecule has 0 unspecified atom stereocenters. The minimum atomic E-state index is 0.109. The van der Waals surface area contributed by atoms with Crippen LogP contribution in [0.3, 0.4) is 0 Å². The number of hydrogen-bond acceptors (Lipinski definition) is 6. The minimum absolute atomic E-state index is 0.109. The molecule has 6 nitrogen and oxygen atoms in total. The number of amides is 1. The highest BCUT2D eigenvalue weighted by Crippen LogP contribution is 2.27. The molecule has 1 heterocycles. The molecule has 7 heteroatoms. The van der Waals surface area contributed by atoms with E-state index in [-0.39, 0.29) is 5.91 Å². The van der Waals surface area contributed by atoms with E-state index in [1.54, 1.807) is 7.11 Å². The van der Waals surface area contributed by atoms with Crippen molar-refractivity contribution in [1.29, 1.82) is 0 Å². The summed E-state index contributed by atoms with van der Waals surface area (Å²) in [6.45, 7) is 0. The molecule has 0 spiro atoms. The Kier molecular flexibility index (Phi) is 5.96. The molecule has 1 aromatic heterocycles. The van der Waals surface area contributed by atoms with Gasteiger partial charge >= 0.3 is 0 Å². The lowest BCUT2D eigenvalue weighted by atomic mass is 9.94. The maximum Gasteiger partial charge on any atom is 0.277 e. The molecule has 2 aromatic rings. The lowest BCUT2D eigenvalue weighted by Crippen LogP contribution is -2.39. The lowest BCUT2D eigenvalue weighted by Gasteiger charge is -2.31. The molecule has 0 bridgehead atoms. The summed E-state index contributed by atoms with van der Waals surface area (Å²) in [6.07, 6.45) is 5.91. The first-order valence-electron chi connectivity index (χ1n) is 8.54. The third-order valence-electron chi connectivity index (χ3n) is 4.56. The van der Waals surface area contributed by atoms with E-state index in [2.05, 4.69) is 10.2 Å². The summed E-state index contributed by atoms with van der Waals surface area (Å²) in [5.74, 6) is 1.58. The first-order chi connectivity index (χ1) is 12.2. The van der Waals surface area contributed by atoms with Gasteiger partial charge < -0.3 is 14.1 Å². The second-order valence-electron chi connectivity index (χ2n) is 6.19. The van der Waals surface area contributed by atoms with E-state index < -0.39 is 0 Å². The predicted octanol–water partition coefficient (Wildman–Crippen LogP) is 3.63. The molecule has 0 aliphatic heterocycles. The molecule has 0 atom stereocenters. The van der Waals surface area contributed by atoms with Gasteiger partial charge in [0.25, 0.3) is 5.22 Å². The highest BCUT2D eigenvalue weighted by atomic mass is 32.2. The van der Waals surface area contributed by atoms with Gasteiger partial charge in [-0.25, -0.2) is 0 Å². The van der Waals surface area contributed by atoms with E-state index in [9.17, 15) is 4.79 Å². The third-order valence-corrected chi connectivity index (χ3v) is 5.36. The van der Waals surface area contributed by atoms with Crippen LogP contribution in [0.2, 0.25) is 0 Å². The SMILES string of the molecule is COc1cccc(-c2nnc(SCC(=O)N(C)C3CCCCC3)o2)c1. The number of hydrogen-bond donors (Lipinski definition) is 0. The second kappa shape index (κ2) is 8.38. The van der Waals surface area contributed by atoms with Gasteiger partial charge in [0.05, 0.1) is 12.9 Å². The third kappa shape index (κ3) is 4.54. The molecule has 134 valence electrons. The van der Waals surface area contributed by atoms with Gasteiger partial charge in [-0.15, -0.1) is 10.2 Å². The van der Waals surface area contributed by atoms with E-state index in [1.807, 2.05) is 36.2 Å². The highest BCUT2D eigenvalue weighted by molar-refractivity contribution is 7.99. The first-order valence-corrected chi connectivity index (χ1v) is 9.52. The van der Waals surface area contributed by atoms with E-state index in [1.165, 1.54) is 31.0 Å². The monoisotopic (exact) mass is 361 g/mol. The molecule has 1 aromatic carbocycles. The summed E-state index contributed by atoms with van der Waals surface area (Å²) in [5, 5.41) is 8.49. The number of aromatic nitrogens is 2. The molecule has 0 radical (unpaired) electrons. The lowest BCUT2D eigenvalue weighted by molar-refractivity contribution is -0.129. The smallest absolute Gasteiger partial charge is 0.277 e. The quantitative estimate of drug-likeness (QED) is 0.732. The van der Waals surface area contributed by atoms with Gasteiger partial charge in [-0.2, -0.15) is 0 Å². The fourth-order valence-electron chi connectivity index (χ4n) is 3.04. The largest absolute Gasteiger partial charge is 0.497 e. The Morgan fingerprint density at radius 2 is 2.12 bits per heavy atom. The molecule has 0 N–H and O–H groups in total. The van der Waals surface area contributed by atoms with E-state index >= 15 is 0 Å². The van der Waals surface area contributed by atoms with E-state index in [0.29, 0.717) is 22.9 Å². The van der Waals surface area contributed by atoms with Gasteiger partial charge in [-0.1, -0.05) is 37.1 Å². The Morgan fingerprint density at radius 1 is 1.32 bits per heavy atom. The molecule has 0 saturated heterocycles. The molecular weight excluding hydrogens is 338 g/mol. The summed E-state index contributed by atoms with van der Waals surface area (Å²) >= 11 is 1.28. The molecule has 25 heavy (non-hydrogen) atoms. The molecule has 1 fully saturated rings. The predicted molar refractivity (Wildman–Crippen MR) is 96.7 cm³/mol. The molecule has 1 saturated carbocycles. The van der Waals surface area contributed by atoms with Gasteiger partial charge in [-0.05, 0) is 31.0 Å². The zero-order chi connectivity index (χ0) is 17.6. The van der Waals surface area contributed by atoms with Crippen molar-refractivity contribution in [2.24, 2.45) is 0 Å². The van der Waals surface area contributed by atoms with Gasteiger partial charge in [0.2, 0.25) is 11.8 Å². The van der Waals surface area contributed by atoms with Gasteiger partial charge in [-0.3, -0.25) is 4.79 Å². The van der Waals surface area contributed by atoms with Crippen molar-refractivity contribution in [3.8, 4) is 17.2 Å². The van der Waals surface area contributed by atoms with Crippen LogP contribution in [0.25, 0.3) is 11.5 Å². The van der Waals surface area contributed by atoms with Crippen LogP contribution in [0.15, 0.2) is 33.9 Å². The maximum absolute atomic E-state index is 12.4. The van der Waals surface area contributed by atoms with Crippen molar-refractivity contribution in [3.63, 3.8) is 0 Å². The average Bonchev–Trinajstić information content (AvgIpc) is 3.15. The fraction of sp³-hybridized carbons (Fsp3) is 0.500. The molecular formula is C18H23N3O3S. The van der Waals surface area contributed by atoms with Crippen LogP contribution < -0.4 is 4.74 Å². The number of benzene rings is 1. The van der Waals surface area contributed by atoms with Crippen LogP contribution in [0.5, 0.6) is 5.75 Å². The van der Waals surface area contributed by atoms with Gasteiger partial charge in [0, 0.05) is 18.7 Å². The summed E-state index contributed by atoms with van der Waals surface area (Å²) in [6, 6.07) is 7.82. The summed E-state index contributed by atoms with van der Waals surface area (Å²) in [4.78, 5) is 14.3. The Balaban J connectivity index is 1.57. The highest BCUT2D eigenvalue weighted by Gasteiger charge is 2.22. The standard InChI is InChI=1S/C18H23N3O3S/c1-21(14-8-4-3-5-9-14)16(22)12-25-18-20-19-17(24-18)13-7-6-10-15(11-13)23-2/h6-7,10-11,14H,3-5,8-9,12H2,1-2H3. The summed E-state index contributed by atoms with van der Waals surface area (Å²) in [5.41, 5.74) is 0.796.